The Hall–Kier alpha value is -0.810. The quantitative estimate of drug-likeness (QED) is 0.867. The van der Waals surface area contributed by atoms with Gasteiger partial charge < -0.3 is 11.1 Å². The van der Waals surface area contributed by atoms with Gasteiger partial charge in [0.1, 0.15) is 0 Å². The molecule has 0 aromatic heterocycles. The maximum Gasteiger partial charge on any atom is 0.236 e. The number of carbonyl (C=O) groups excluding carboxylic acids is 1. The van der Waals surface area contributed by atoms with Crippen LogP contribution in [0.4, 0.5) is 0 Å². The number of carbonyl (C=O) groups is 1. The van der Waals surface area contributed by atoms with Gasteiger partial charge in [-0.15, -0.1) is 24.8 Å². The zero-order valence-corrected chi connectivity index (χ0v) is 14.0. The molecule has 1 fully saturated rings. The number of rotatable bonds is 5. The number of benzene rings is 1. The van der Waals surface area contributed by atoms with Crippen LogP contribution in [0.1, 0.15) is 30.9 Å². The van der Waals surface area contributed by atoms with Crippen molar-refractivity contribution >= 4 is 30.7 Å². The van der Waals surface area contributed by atoms with Crippen molar-refractivity contribution in [2.75, 3.05) is 13.1 Å². The monoisotopic (exact) mass is 333 g/mol. The molecular formula is C15H25Cl2N3O. The van der Waals surface area contributed by atoms with E-state index in [9.17, 15) is 4.79 Å². The molecule has 0 aliphatic carbocycles. The Balaban J connectivity index is 0.00000200. The highest BCUT2D eigenvalue weighted by molar-refractivity contribution is 5.85. The van der Waals surface area contributed by atoms with Crippen molar-refractivity contribution in [3.05, 3.63) is 35.4 Å². The van der Waals surface area contributed by atoms with Crippen LogP contribution < -0.4 is 11.1 Å². The number of hydrogen-bond acceptors (Lipinski definition) is 3. The third-order valence-electron chi connectivity index (χ3n) is 3.58. The van der Waals surface area contributed by atoms with E-state index in [-0.39, 0.29) is 30.7 Å². The van der Waals surface area contributed by atoms with Gasteiger partial charge in [0.15, 0.2) is 0 Å². The Morgan fingerprint density at radius 2 is 1.81 bits per heavy atom. The molecule has 3 N–H and O–H groups in total. The number of hydrogen-bond donors (Lipinski definition) is 2. The molecule has 1 aromatic carbocycles. The Bertz CT molecular complexity index is 435. The second-order valence-corrected chi connectivity index (χ2v) is 5.26. The van der Waals surface area contributed by atoms with Crippen LogP contribution >= 0.6 is 24.8 Å². The van der Waals surface area contributed by atoms with Gasteiger partial charge in [-0.1, -0.05) is 24.3 Å². The molecule has 1 heterocycles. The number of nitrogens with zero attached hydrogens (tertiary/aromatic N) is 1. The van der Waals surface area contributed by atoms with E-state index in [1.807, 2.05) is 6.07 Å². The number of amides is 1. The minimum atomic E-state index is -0.453. The van der Waals surface area contributed by atoms with E-state index in [1.54, 1.807) is 6.92 Å². The fourth-order valence-corrected chi connectivity index (χ4v) is 2.41. The third-order valence-corrected chi connectivity index (χ3v) is 3.58. The molecule has 0 spiro atoms. The molecule has 0 unspecified atom stereocenters. The molecular weight excluding hydrogens is 309 g/mol. The molecule has 6 heteroatoms. The van der Waals surface area contributed by atoms with Gasteiger partial charge in [-0.3, -0.25) is 9.69 Å². The number of nitrogens with two attached hydrogens (primary N) is 1. The van der Waals surface area contributed by atoms with Crippen molar-refractivity contribution in [2.45, 2.75) is 38.9 Å². The molecule has 21 heavy (non-hydrogen) atoms. The molecule has 4 nitrogen and oxygen atoms in total. The molecule has 1 aliphatic rings. The average molecular weight is 334 g/mol. The lowest BCUT2D eigenvalue weighted by Crippen LogP contribution is -2.38. The minimum Gasteiger partial charge on any atom is -0.351 e. The van der Waals surface area contributed by atoms with E-state index in [2.05, 4.69) is 28.4 Å². The predicted molar refractivity (Wildman–Crippen MR) is 90.9 cm³/mol. The largest absolute Gasteiger partial charge is 0.351 e. The lowest BCUT2D eigenvalue weighted by atomic mass is 10.1. The van der Waals surface area contributed by atoms with Gasteiger partial charge in [-0.05, 0) is 44.0 Å². The van der Waals surface area contributed by atoms with Gasteiger partial charge in [0.2, 0.25) is 5.91 Å². The highest BCUT2D eigenvalue weighted by atomic mass is 35.5. The summed E-state index contributed by atoms with van der Waals surface area (Å²) in [7, 11) is 0. The lowest BCUT2D eigenvalue weighted by molar-refractivity contribution is -0.122. The van der Waals surface area contributed by atoms with Crippen LogP contribution in [0, 0.1) is 0 Å². The maximum atomic E-state index is 11.5. The van der Waals surface area contributed by atoms with Crippen molar-refractivity contribution in [3.8, 4) is 0 Å². The van der Waals surface area contributed by atoms with E-state index < -0.39 is 6.04 Å². The Morgan fingerprint density at radius 3 is 2.38 bits per heavy atom. The lowest BCUT2D eigenvalue weighted by Gasteiger charge is -2.18. The van der Waals surface area contributed by atoms with Gasteiger partial charge in [0, 0.05) is 13.1 Å². The van der Waals surface area contributed by atoms with Gasteiger partial charge in [-0.2, -0.15) is 0 Å². The Labute approximate surface area is 139 Å². The molecule has 1 aromatic rings. The Kier molecular flexibility index (Phi) is 9.62. The highest BCUT2D eigenvalue weighted by Gasteiger charge is 2.14. The van der Waals surface area contributed by atoms with E-state index in [4.69, 9.17) is 5.73 Å². The number of likely N-dealkylation sites (tertiary alicyclic amines) is 1. The molecule has 0 radical (unpaired) electrons. The molecule has 1 amide bonds. The first-order chi connectivity index (χ1) is 9.16. The van der Waals surface area contributed by atoms with Gasteiger partial charge in [0.25, 0.3) is 0 Å². The summed E-state index contributed by atoms with van der Waals surface area (Å²) in [6.07, 6.45) is 2.59. The summed E-state index contributed by atoms with van der Waals surface area (Å²) in [6.45, 7) is 5.60. The second kappa shape index (κ2) is 10.0. The summed E-state index contributed by atoms with van der Waals surface area (Å²) < 4.78 is 0. The second-order valence-electron chi connectivity index (χ2n) is 5.26. The van der Waals surface area contributed by atoms with Crippen molar-refractivity contribution < 1.29 is 4.79 Å². The molecule has 1 aliphatic heterocycles. The first kappa shape index (κ1) is 20.2. The molecule has 0 saturated carbocycles. The summed E-state index contributed by atoms with van der Waals surface area (Å²) in [4.78, 5) is 14.0. The van der Waals surface area contributed by atoms with Crippen LogP contribution in [-0.2, 0) is 17.9 Å². The fraction of sp³-hybridized carbons (Fsp3) is 0.533. The van der Waals surface area contributed by atoms with E-state index in [1.165, 1.54) is 37.1 Å². The summed E-state index contributed by atoms with van der Waals surface area (Å²) in [5.74, 6) is -0.101. The van der Waals surface area contributed by atoms with Crippen LogP contribution in [-0.4, -0.2) is 29.9 Å². The fourth-order valence-electron chi connectivity index (χ4n) is 2.41. The third kappa shape index (κ3) is 6.22. The van der Waals surface area contributed by atoms with Gasteiger partial charge in [-0.25, -0.2) is 0 Å². The average Bonchev–Trinajstić information content (AvgIpc) is 2.90. The van der Waals surface area contributed by atoms with E-state index >= 15 is 0 Å². The summed E-state index contributed by atoms with van der Waals surface area (Å²) in [6, 6.07) is 7.84. The highest BCUT2D eigenvalue weighted by Crippen LogP contribution is 2.16. The maximum absolute atomic E-state index is 11.5. The summed E-state index contributed by atoms with van der Waals surface area (Å²) >= 11 is 0. The molecule has 120 valence electrons. The van der Waals surface area contributed by atoms with Crippen LogP contribution in [0.2, 0.25) is 0 Å². The minimum absolute atomic E-state index is 0. The van der Waals surface area contributed by atoms with E-state index in [0.29, 0.717) is 6.54 Å². The van der Waals surface area contributed by atoms with Crippen LogP contribution in [0.15, 0.2) is 24.3 Å². The van der Waals surface area contributed by atoms with Crippen LogP contribution in [0.25, 0.3) is 0 Å². The molecule has 2 rings (SSSR count). The molecule has 1 atom stereocenters. The van der Waals surface area contributed by atoms with Gasteiger partial charge >= 0.3 is 0 Å². The topological polar surface area (TPSA) is 58.4 Å². The summed E-state index contributed by atoms with van der Waals surface area (Å²) in [5.41, 5.74) is 8.03. The van der Waals surface area contributed by atoms with Crippen molar-refractivity contribution in [1.82, 2.24) is 10.2 Å². The zero-order chi connectivity index (χ0) is 13.7. The zero-order valence-electron chi connectivity index (χ0n) is 12.4. The first-order valence-electron chi connectivity index (χ1n) is 6.99. The predicted octanol–water partition coefficient (Wildman–Crippen LogP) is 2.09. The smallest absolute Gasteiger partial charge is 0.236 e. The van der Waals surface area contributed by atoms with E-state index in [0.717, 1.165) is 6.54 Å². The SMILES string of the molecule is C[C@@H](N)C(=O)NCc1ccccc1CN1CCCC1.Cl.Cl. The Morgan fingerprint density at radius 1 is 1.24 bits per heavy atom. The number of nitrogens with one attached hydrogen (secondary N) is 1. The number of halogens is 2. The van der Waals surface area contributed by atoms with Crippen molar-refractivity contribution in [1.29, 1.82) is 0 Å². The van der Waals surface area contributed by atoms with Crippen molar-refractivity contribution in [2.24, 2.45) is 5.73 Å². The van der Waals surface area contributed by atoms with Crippen LogP contribution in [0.5, 0.6) is 0 Å². The molecule has 1 saturated heterocycles. The van der Waals surface area contributed by atoms with Gasteiger partial charge in [0.05, 0.1) is 6.04 Å². The summed E-state index contributed by atoms with van der Waals surface area (Å²) in [5, 5.41) is 2.88. The van der Waals surface area contributed by atoms with Crippen LogP contribution in [0.3, 0.4) is 0 Å². The molecule has 0 bridgehead atoms. The normalized spacial score (nSPS) is 15.7. The standard InChI is InChI=1S/C15H23N3O.2ClH/c1-12(16)15(19)17-10-13-6-2-3-7-14(13)11-18-8-4-5-9-18;;/h2-3,6-7,12H,4-5,8-11,16H2,1H3,(H,17,19);2*1H/t12-;;/m1../s1. The van der Waals surface area contributed by atoms with Crippen molar-refractivity contribution in [3.63, 3.8) is 0 Å². The first-order valence-corrected chi connectivity index (χ1v) is 6.99.